The lowest BCUT2D eigenvalue weighted by Crippen LogP contribution is -2.24. The van der Waals surface area contributed by atoms with Crippen molar-refractivity contribution in [3.63, 3.8) is 0 Å². The summed E-state index contributed by atoms with van der Waals surface area (Å²) in [5, 5.41) is 8.94. The van der Waals surface area contributed by atoms with Crippen LogP contribution >= 0.6 is 0 Å². The Labute approximate surface area is 126 Å². The van der Waals surface area contributed by atoms with Crippen molar-refractivity contribution in [2.24, 2.45) is 5.41 Å². The van der Waals surface area contributed by atoms with Gasteiger partial charge < -0.3 is 4.90 Å². The molecule has 1 unspecified atom stereocenters. The number of anilines is 1. The molecule has 0 aromatic heterocycles. The fourth-order valence-corrected chi connectivity index (χ4v) is 3.24. The summed E-state index contributed by atoms with van der Waals surface area (Å²) in [5.74, 6) is 0. The van der Waals surface area contributed by atoms with E-state index >= 15 is 0 Å². The van der Waals surface area contributed by atoms with Gasteiger partial charge in [0.15, 0.2) is 0 Å². The van der Waals surface area contributed by atoms with Crippen LogP contribution in [0.3, 0.4) is 0 Å². The van der Waals surface area contributed by atoms with Crippen molar-refractivity contribution in [2.45, 2.75) is 26.3 Å². The van der Waals surface area contributed by atoms with E-state index in [0.717, 1.165) is 13.0 Å². The molecule has 0 radical (unpaired) electrons. The molecule has 0 saturated carbocycles. The van der Waals surface area contributed by atoms with Crippen molar-refractivity contribution in [1.29, 1.82) is 5.26 Å². The molecule has 0 N–H and O–H groups in total. The number of hydrogen-bond acceptors (Lipinski definition) is 2. The Morgan fingerprint density at radius 1 is 1.05 bits per heavy atom. The molecule has 2 aromatic carbocycles. The van der Waals surface area contributed by atoms with Crippen LogP contribution in [0.1, 0.15) is 37.4 Å². The number of rotatable bonds is 2. The second-order valence-corrected chi connectivity index (χ2v) is 6.58. The first-order valence-electron chi connectivity index (χ1n) is 7.41. The quantitative estimate of drug-likeness (QED) is 0.805. The Morgan fingerprint density at radius 3 is 2.33 bits per heavy atom. The summed E-state index contributed by atoms with van der Waals surface area (Å²) in [6.45, 7) is 5.69. The van der Waals surface area contributed by atoms with E-state index in [4.69, 9.17) is 5.26 Å². The van der Waals surface area contributed by atoms with E-state index in [1.807, 2.05) is 12.1 Å². The molecule has 1 saturated heterocycles. The Bertz CT molecular complexity index is 650. The fourth-order valence-electron chi connectivity index (χ4n) is 3.24. The van der Waals surface area contributed by atoms with Crippen LogP contribution in [0.15, 0.2) is 54.6 Å². The van der Waals surface area contributed by atoms with Crippen molar-refractivity contribution in [2.75, 3.05) is 11.4 Å². The van der Waals surface area contributed by atoms with Crippen LogP contribution < -0.4 is 4.90 Å². The molecule has 0 amide bonds. The van der Waals surface area contributed by atoms with E-state index in [2.05, 4.69) is 67.3 Å². The minimum absolute atomic E-state index is 0.300. The predicted molar refractivity (Wildman–Crippen MR) is 86.1 cm³/mol. The maximum Gasteiger partial charge on any atom is 0.0991 e. The van der Waals surface area contributed by atoms with Gasteiger partial charge in [0.05, 0.1) is 17.7 Å². The highest BCUT2D eigenvalue weighted by Gasteiger charge is 2.38. The van der Waals surface area contributed by atoms with Crippen molar-refractivity contribution < 1.29 is 0 Å². The zero-order chi connectivity index (χ0) is 14.9. The third kappa shape index (κ3) is 2.78. The van der Waals surface area contributed by atoms with Gasteiger partial charge >= 0.3 is 0 Å². The number of benzene rings is 2. The number of nitrogens with zero attached hydrogens (tertiary/aromatic N) is 2. The monoisotopic (exact) mass is 276 g/mol. The zero-order valence-electron chi connectivity index (χ0n) is 12.6. The summed E-state index contributed by atoms with van der Waals surface area (Å²) in [6, 6.07) is 21.2. The smallest absolute Gasteiger partial charge is 0.0991 e. The third-order valence-electron chi connectivity index (χ3n) is 4.23. The Balaban J connectivity index is 1.96. The first-order valence-corrected chi connectivity index (χ1v) is 7.41. The molecule has 21 heavy (non-hydrogen) atoms. The van der Waals surface area contributed by atoms with Crippen LogP contribution in [0.2, 0.25) is 0 Å². The number of hydrogen-bond donors (Lipinski definition) is 0. The molecule has 1 aliphatic rings. The van der Waals surface area contributed by atoms with Crippen LogP contribution in [0.4, 0.5) is 5.69 Å². The highest BCUT2D eigenvalue weighted by atomic mass is 15.2. The lowest BCUT2D eigenvalue weighted by Gasteiger charge is -2.27. The van der Waals surface area contributed by atoms with Gasteiger partial charge in [0, 0.05) is 12.2 Å². The average Bonchev–Trinajstić information content (AvgIpc) is 2.84. The van der Waals surface area contributed by atoms with E-state index in [-0.39, 0.29) is 0 Å². The van der Waals surface area contributed by atoms with Gasteiger partial charge in [-0.05, 0) is 41.7 Å². The summed E-state index contributed by atoms with van der Waals surface area (Å²) < 4.78 is 0. The second-order valence-electron chi connectivity index (χ2n) is 6.58. The fraction of sp³-hybridized carbons (Fsp3) is 0.316. The van der Waals surface area contributed by atoms with Crippen LogP contribution in [0.5, 0.6) is 0 Å². The normalized spacial score (nSPS) is 20.2. The van der Waals surface area contributed by atoms with Crippen LogP contribution in [-0.4, -0.2) is 6.54 Å². The molecule has 1 heterocycles. The average molecular weight is 276 g/mol. The Morgan fingerprint density at radius 2 is 1.71 bits per heavy atom. The van der Waals surface area contributed by atoms with Gasteiger partial charge in [-0.1, -0.05) is 44.2 Å². The zero-order valence-corrected chi connectivity index (χ0v) is 12.6. The standard InChI is InChI=1S/C19H20N2/c1-19(2)12-18(16-6-4-3-5-7-16)21(14-19)17-10-8-15(13-20)9-11-17/h3-11,18H,12,14H2,1-2H3. The highest BCUT2D eigenvalue weighted by Crippen LogP contribution is 2.44. The van der Waals surface area contributed by atoms with Gasteiger partial charge in [0.1, 0.15) is 0 Å². The van der Waals surface area contributed by atoms with E-state index in [9.17, 15) is 0 Å². The largest absolute Gasteiger partial charge is 0.364 e. The van der Waals surface area contributed by atoms with Crippen molar-refractivity contribution >= 4 is 5.69 Å². The minimum Gasteiger partial charge on any atom is -0.364 e. The van der Waals surface area contributed by atoms with E-state index < -0.39 is 0 Å². The first kappa shape index (κ1) is 13.7. The highest BCUT2D eigenvalue weighted by molar-refractivity contribution is 5.53. The summed E-state index contributed by atoms with van der Waals surface area (Å²) in [4.78, 5) is 2.47. The predicted octanol–water partition coefficient (Wildman–Crippen LogP) is 4.54. The Hall–Kier alpha value is -2.27. The lowest BCUT2D eigenvalue weighted by molar-refractivity contribution is 0.404. The van der Waals surface area contributed by atoms with E-state index in [0.29, 0.717) is 17.0 Å². The molecule has 3 rings (SSSR count). The van der Waals surface area contributed by atoms with Crippen molar-refractivity contribution in [1.82, 2.24) is 0 Å². The van der Waals surface area contributed by atoms with Crippen LogP contribution in [0, 0.1) is 16.7 Å². The molecule has 2 heteroatoms. The SMILES string of the molecule is CC1(C)CC(c2ccccc2)N(c2ccc(C#N)cc2)C1. The summed E-state index contributed by atoms with van der Waals surface area (Å²) in [7, 11) is 0. The van der Waals surface area contributed by atoms with Gasteiger partial charge in [-0.15, -0.1) is 0 Å². The second kappa shape index (κ2) is 5.26. The topological polar surface area (TPSA) is 27.0 Å². The van der Waals surface area contributed by atoms with Crippen LogP contribution in [-0.2, 0) is 0 Å². The van der Waals surface area contributed by atoms with Crippen molar-refractivity contribution in [3.8, 4) is 6.07 Å². The van der Waals surface area contributed by atoms with Crippen LogP contribution in [0.25, 0.3) is 0 Å². The lowest BCUT2D eigenvalue weighted by atomic mass is 9.89. The number of nitriles is 1. The maximum atomic E-state index is 8.94. The summed E-state index contributed by atoms with van der Waals surface area (Å²) in [5.41, 5.74) is 3.59. The van der Waals surface area contributed by atoms with Gasteiger partial charge in [-0.2, -0.15) is 5.26 Å². The molecule has 2 nitrogen and oxygen atoms in total. The van der Waals surface area contributed by atoms with Gasteiger partial charge in [0.2, 0.25) is 0 Å². The van der Waals surface area contributed by atoms with Gasteiger partial charge in [0.25, 0.3) is 0 Å². The van der Waals surface area contributed by atoms with E-state index in [1.54, 1.807) is 0 Å². The molecular weight excluding hydrogens is 256 g/mol. The molecule has 1 aliphatic heterocycles. The third-order valence-corrected chi connectivity index (χ3v) is 4.23. The van der Waals surface area contributed by atoms with Crippen molar-refractivity contribution in [3.05, 3.63) is 65.7 Å². The van der Waals surface area contributed by atoms with Gasteiger partial charge in [-0.3, -0.25) is 0 Å². The maximum absolute atomic E-state index is 8.94. The molecular formula is C19H20N2. The van der Waals surface area contributed by atoms with Gasteiger partial charge in [-0.25, -0.2) is 0 Å². The molecule has 106 valence electrons. The molecule has 1 atom stereocenters. The molecule has 1 fully saturated rings. The molecule has 0 bridgehead atoms. The first-order chi connectivity index (χ1) is 10.1. The Kier molecular flexibility index (Phi) is 3.43. The minimum atomic E-state index is 0.300. The summed E-state index contributed by atoms with van der Waals surface area (Å²) in [6.07, 6.45) is 1.15. The van der Waals surface area contributed by atoms with E-state index in [1.165, 1.54) is 11.3 Å². The molecule has 2 aromatic rings. The summed E-state index contributed by atoms with van der Waals surface area (Å²) >= 11 is 0. The molecule has 0 aliphatic carbocycles. The molecule has 0 spiro atoms.